The smallest absolute Gasteiger partial charge is 0.0121 e. The molecule has 76 valence electrons. The van der Waals surface area contributed by atoms with Crippen LogP contribution in [0, 0.1) is 11.3 Å². The summed E-state index contributed by atoms with van der Waals surface area (Å²) in [4.78, 5) is 0. The lowest BCUT2D eigenvalue weighted by atomic mass is 9.81. The topological polar surface area (TPSA) is 12.0 Å². The van der Waals surface area contributed by atoms with Crippen molar-refractivity contribution >= 4 is 0 Å². The molecule has 0 spiro atoms. The molecule has 2 aliphatic rings. The molecule has 0 unspecified atom stereocenters. The van der Waals surface area contributed by atoms with Gasteiger partial charge in [-0.1, -0.05) is 33.6 Å². The monoisotopic (exact) mass is 181 g/mol. The van der Waals surface area contributed by atoms with Gasteiger partial charge >= 0.3 is 0 Å². The van der Waals surface area contributed by atoms with Crippen LogP contribution in [0.25, 0.3) is 0 Å². The molecule has 0 radical (unpaired) electrons. The van der Waals surface area contributed by atoms with E-state index >= 15 is 0 Å². The van der Waals surface area contributed by atoms with Crippen molar-refractivity contribution in [1.29, 1.82) is 0 Å². The summed E-state index contributed by atoms with van der Waals surface area (Å²) < 4.78 is 0. The largest absolute Gasteiger partial charge is 0.310 e. The van der Waals surface area contributed by atoms with E-state index in [0.29, 0.717) is 5.41 Å². The van der Waals surface area contributed by atoms with Crippen molar-refractivity contribution < 1.29 is 0 Å². The second kappa shape index (κ2) is 3.27. The molecule has 2 fully saturated rings. The maximum absolute atomic E-state index is 3.83. The molecule has 0 bridgehead atoms. The molecular formula is C12H23N. The summed E-state index contributed by atoms with van der Waals surface area (Å²) in [5.41, 5.74) is 0.456. The third-order valence-electron chi connectivity index (χ3n) is 3.91. The van der Waals surface area contributed by atoms with Crippen LogP contribution in [0.2, 0.25) is 0 Å². The van der Waals surface area contributed by atoms with Crippen LogP contribution in [0.3, 0.4) is 0 Å². The Morgan fingerprint density at radius 1 is 1.08 bits per heavy atom. The molecule has 3 atom stereocenters. The Morgan fingerprint density at radius 3 is 2.38 bits per heavy atom. The maximum Gasteiger partial charge on any atom is 0.0121 e. The third kappa shape index (κ3) is 1.90. The second-order valence-electron chi connectivity index (χ2n) is 5.97. The molecule has 1 nitrogen and oxygen atoms in total. The zero-order chi connectivity index (χ0) is 9.47. The van der Waals surface area contributed by atoms with E-state index in [-0.39, 0.29) is 0 Å². The maximum atomic E-state index is 3.83. The first-order valence-electron chi connectivity index (χ1n) is 5.83. The van der Waals surface area contributed by atoms with Crippen molar-refractivity contribution in [3.63, 3.8) is 0 Å². The molecule has 0 aromatic carbocycles. The molecule has 1 saturated heterocycles. The van der Waals surface area contributed by atoms with Gasteiger partial charge in [-0.15, -0.1) is 0 Å². The van der Waals surface area contributed by atoms with E-state index in [0.717, 1.165) is 18.0 Å². The number of nitrogens with one attached hydrogen (secondary N) is 1. The number of hydrogen-bond acceptors (Lipinski definition) is 1. The van der Waals surface area contributed by atoms with E-state index in [1.807, 2.05) is 0 Å². The van der Waals surface area contributed by atoms with Crippen molar-refractivity contribution in [3.8, 4) is 0 Å². The van der Waals surface area contributed by atoms with Crippen LogP contribution in [0.5, 0.6) is 0 Å². The third-order valence-corrected chi connectivity index (χ3v) is 3.91. The Bertz CT molecular complexity index is 166. The molecule has 13 heavy (non-hydrogen) atoms. The molecule has 1 heteroatoms. The lowest BCUT2D eigenvalue weighted by Crippen LogP contribution is -2.39. The van der Waals surface area contributed by atoms with Crippen LogP contribution in [0.1, 0.15) is 52.9 Å². The SMILES string of the molecule is CC(C)(C)[C@H]1C[C@@H]2CCCC[C@@H]2N1. The standard InChI is InChI=1S/C12H23N/c1-12(2,3)11-8-9-6-4-5-7-10(9)13-11/h9-11,13H,4-8H2,1-3H3/t9-,10-,11+/m0/s1. The Morgan fingerprint density at radius 2 is 1.77 bits per heavy atom. The minimum absolute atomic E-state index is 0.456. The van der Waals surface area contributed by atoms with E-state index in [2.05, 4.69) is 26.1 Å². The lowest BCUT2D eigenvalue weighted by Gasteiger charge is -2.28. The summed E-state index contributed by atoms with van der Waals surface area (Å²) in [6.07, 6.45) is 7.25. The minimum Gasteiger partial charge on any atom is -0.310 e. The highest BCUT2D eigenvalue weighted by Gasteiger charge is 2.39. The Balaban J connectivity index is 1.99. The number of rotatable bonds is 0. The van der Waals surface area contributed by atoms with Crippen molar-refractivity contribution in [2.75, 3.05) is 0 Å². The average Bonchev–Trinajstić information content (AvgIpc) is 2.45. The van der Waals surface area contributed by atoms with Gasteiger partial charge in [-0.2, -0.15) is 0 Å². The quantitative estimate of drug-likeness (QED) is 0.606. The molecule has 0 aromatic rings. The first-order chi connectivity index (χ1) is 6.07. The van der Waals surface area contributed by atoms with Crippen LogP contribution >= 0.6 is 0 Å². The predicted octanol–water partition coefficient (Wildman–Crippen LogP) is 2.95. The van der Waals surface area contributed by atoms with Crippen LogP contribution in [0.4, 0.5) is 0 Å². The highest BCUT2D eigenvalue weighted by atomic mass is 15.0. The predicted molar refractivity (Wildman–Crippen MR) is 56.7 cm³/mol. The van der Waals surface area contributed by atoms with Gasteiger partial charge in [0.2, 0.25) is 0 Å². The number of fused-ring (bicyclic) bond motifs is 1. The van der Waals surface area contributed by atoms with Gasteiger partial charge in [0, 0.05) is 12.1 Å². The van der Waals surface area contributed by atoms with Gasteiger partial charge in [-0.3, -0.25) is 0 Å². The molecule has 1 aliphatic carbocycles. The summed E-state index contributed by atoms with van der Waals surface area (Å²) in [5.74, 6) is 0.998. The highest BCUT2D eigenvalue weighted by molar-refractivity contribution is 4.97. The Kier molecular flexibility index (Phi) is 2.39. The molecular weight excluding hydrogens is 158 g/mol. The summed E-state index contributed by atoms with van der Waals surface area (Å²) >= 11 is 0. The Labute approximate surface area is 82.3 Å². The van der Waals surface area contributed by atoms with Crippen molar-refractivity contribution in [2.24, 2.45) is 11.3 Å². The Hall–Kier alpha value is -0.0400. The van der Waals surface area contributed by atoms with E-state index < -0.39 is 0 Å². The van der Waals surface area contributed by atoms with E-state index in [1.54, 1.807) is 0 Å². The zero-order valence-electron chi connectivity index (χ0n) is 9.27. The van der Waals surface area contributed by atoms with E-state index in [9.17, 15) is 0 Å². The van der Waals surface area contributed by atoms with Gasteiger partial charge in [0.05, 0.1) is 0 Å². The van der Waals surface area contributed by atoms with Gasteiger partial charge in [-0.05, 0) is 30.6 Å². The van der Waals surface area contributed by atoms with E-state index in [4.69, 9.17) is 0 Å². The van der Waals surface area contributed by atoms with Gasteiger partial charge in [0.25, 0.3) is 0 Å². The molecule has 1 saturated carbocycles. The van der Waals surface area contributed by atoms with Crippen LogP contribution < -0.4 is 5.32 Å². The average molecular weight is 181 g/mol. The van der Waals surface area contributed by atoms with Gasteiger partial charge in [-0.25, -0.2) is 0 Å². The fraction of sp³-hybridized carbons (Fsp3) is 1.00. The molecule has 0 aromatic heterocycles. The first-order valence-corrected chi connectivity index (χ1v) is 5.83. The normalized spacial score (nSPS) is 40.4. The fourth-order valence-electron chi connectivity index (χ4n) is 2.94. The summed E-state index contributed by atoms with van der Waals surface area (Å²) in [5, 5.41) is 3.83. The molecule has 1 heterocycles. The molecule has 1 aliphatic heterocycles. The van der Waals surface area contributed by atoms with Crippen molar-refractivity contribution in [1.82, 2.24) is 5.32 Å². The first kappa shape index (κ1) is 9.51. The van der Waals surface area contributed by atoms with Crippen LogP contribution in [0.15, 0.2) is 0 Å². The lowest BCUT2D eigenvalue weighted by molar-refractivity contribution is 0.284. The fourth-order valence-corrected chi connectivity index (χ4v) is 2.94. The van der Waals surface area contributed by atoms with E-state index in [1.165, 1.54) is 32.1 Å². The van der Waals surface area contributed by atoms with Gasteiger partial charge < -0.3 is 5.32 Å². The second-order valence-corrected chi connectivity index (χ2v) is 5.97. The van der Waals surface area contributed by atoms with Crippen LogP contribution in [-0.2, 0) is 0 Å². The van der Waals surface area contributed by atoms with Gasteiger partial charge in [0.15, 0.2) is 0 Å². The highest BCUT2D eigenvalue weighted by Crippen LogP contribution is 2.38. The van der Waals surface area contributed by atoms with Gasteiger partial charge in [0.1, 0.15) is 0 Å². The van der Waals surface area contributed by atoms with Crippen molar-refractivity contribution in [2.45, 2.75) is 65.0 Å². The van der Waals surface area contributed by atoms with Crippen LogP contribution in [-0.4, -0.2) is 12.1 Å². The summed E-state index contributed by atoms with van der Waals surface area (Å²) in [6.45, 7) is 7.09. The van der Waals surface area contributed by atoms with Crippen molar-refractivity contribution in [3.05, 3.63) is 0 Å². The zero-order valence-corrected chi connectivity index (χ0v) is 9.27. The summed E-state index contributed by atoms with van der Waals surface area (Å²) in [6, 6.07) is 1.62. The molecule has 1 N–H and O–H groups in total. The summed E-state index contributed by atoms with van der Waals surface area (Å²) in [7, 11) is 0. The number of hydrogen-bond donors (Lipinski definition) is 1. The minimum atomic E-state index is 0.456. The molecule has 2 rings (SSSR count). The molecule has 0 amide bonds.